The number of nitrogens with zero attached hydrogens (tertiary/aromatic N) is 1. The highest BCUT2D eigenvalue weighted by molar-refractivity contribution is 7.99. The maximum Gasteiger partial charge on any atom is 0.258 e. The maximum atomic E-state index is 14.3. The Morgan fingerprint density at radius 1 is 1.30 bits per heavy atom. The fourth-order valence-corrected chi connectivity index (χ4v) is 4.63. The first-order chi connectivity index (χ1) is 13.1. The number of aromatic amines is 1. The van der Waals surface area contributed by atoms with Crippen LogP contribution in [0.2, 0.25) is 0 Å². The number of nitrogens with one attached hydrogen (secondary N) is 3. The van der Waals surface area contributed by atoms with Gasteiger partial charge < -0.3 is 15.6 Å². The van der Waals surface area contributed by atoms with Crippen molar-refractivity contribution in [2.75, 3.05) is 25.0 Å². The lowest BCUT2D eigenvalue weighted by Gasteiger charge is -2.26. The summed E-state index contributed by atoms with van der Waals surface area (Å²) in [4.78, 5) is 19.5. The van der Waals surface area contributed by atoms with Crippen LogP contribution in [0.3, 0.4) is 0 Å². The van der Waals surface area contributed by atoms with Gasteiger partial charge in [0.15, 0.2) is 0 Å². The number of H-pyrrole nitrogens is 1. The van der Waals surface area contributed by atoms with Crippen LogP contribution in [0.25, 0.3) is 10.9 Å². The highest BCUT2D eigenvalue weighted by Crippen LogP contribution is 2.28. The van der Waals surface area contributed by atoms with Crippen molar-refractivity contribution >= 4 is 28.4 Å². The van der Waals surface area contributed by atoms with Gasteiger partial charge in [0.25, 0.3) is 5.56 Å². The normalized spacial score (nSPS) is 23.3. The Hall–Kier alpha value is -1.67. The van der Waals surface area contributed by atoms with Gasteiger partial charge in [-0.3, -0.25) is 4.79 Å². The van der Waals surface area contributed by atoms with Crippen LogP contribution in [0, 0.1) is 11.7 Å². The van der Waals surface area contributed by atoms with Gasteiger partial charge in [-0.15, -0.1) is 11.8 Å². The molecule has 1 saturated heterocycles. The molecule has 0 spiro atoms. The maximum absolute atomic E-state index is 14.3. The highest BCUT2D eigenvalue weighted by atomic mass is 32.2. The molecule has 0 amide bonds. The molecule has 2 aromatic rings. The van der Waals surface area contributed by atoms with Crippen molar-refractivity contribution in [2.45, 2.75) is 42.9 Å². The second-order valence-electron chi connectivity index (χ2n) is 7.40. The second-order valence-corrected chi connectivity index (χ2v) is 8.63. The standard InChI is InChI=1S/C19H24F2N4OS/c20-13-6-12-15(7-16(13)23-8-11-2-1-3-11)24-18(25-19(12)26)10-27-17-4-5-22-9-14(17)21/h6-7,11,14,17,22-23H,1-5,8-10H2,(H,24,25,26)/t14-,17+/m1/s1. The van der Waals surface area contributed by atoms with E-state index in [1.54, 1.807) is 6.07 Å². The number of benzene rings is 1. The van der Waals surface area contributed by atoms with Crippen LogP contribution in [0.15, 0.2) is 16.9 Å². The van der Waals surface area contributed by atoms with Gasteiger partial charge in [-0.05, 0) is 43.9 Å². The van der Waals surface area contributed by atoms with Gasteiger partial charge in [0.1, 0.15) is 17.8 Å². The molecule has 27 heavy (non-hydrogen) atoms. The molecule has 2 heterocycles. The summed E-state index contributed by atoms with van der Waals surface area (Å²) in [5.74, 6) is 1.09. The average molecular weight is 394 g/mol. The van der Waals surface area contributed by atoms with Crippen molar-refractivity contribution in [1.29, 1.82) is 0 Å². The van der Waals surface area contributed by atoms with Crippen LogP contribution in [0.1, 0.15) is 31.5 Å². The van der Waals surface area contributed by atoms with Crippen LogP contribution >= 0.6 is 11.8 Å². The minimum Gasteiger partial charge on any atom is -0.382 e. The summed E-state index contributed by atoms with van der Waals surface area (Å²) in [6.45, 7) is 1.91. The summed E-state index contributed by atoms with van der Waals surface area (Å²) in [5.41, 5.74) is 0.490. The van der Waals surface area contributed by atoms with Crippen molar-refractivity contribution in [3.8, 4) is 0 Å². The van der Waals surface area contributed by atoms with Gasteiger partial charge in [0.2, 0.25) is 0 Å². The van der Waals surface area contributed by atoms with E-state index in [0.717, 1.165) is 19.5 Å². The first-order valence-electron chi connectivity index (χ1n) is 9.53. The zero-order chi connectivity index (χ0) is 18.8. The molecule has 4 rings (SSSR count). The molecule has 2 aliphatic rings. The minimum atomic E-state index is -0.896. The second kappa shape index (κ2) is 8.14. The predicted octanol–water partition coefficient (Wildman–Crippen LogP) is 3.21. The molecule has 2 atom stereocenters. The minimum absolute atomic E-state index is 0.0971. The molecule has 1 aliphatic carbocycles. The number of halogens is 2. The Kier molecular flexibility index (Phi) is 5.63. The van der Waals surface area contributed by atoms with Gasteiger partial charge in [0.05, 0.1) is 22.3 Å². The van der Waals surface area contributed by atoms with E-state index in [2.05, 4.69) is 20.6 Å². The molecule has 2 fully saturated rings. The summed E-state index contributed by atoms with van der Waals surface area (Å²) in [6.07, 6.45) is 3.44. The average Bonchev–Trinajstić information content (AvgIpc) is 2.61. The fraction of sp³-hybridized carbons (Fsp3) is 0.579. The quantitative estimate of drug-likeness (QED) is 0.702. The van der Waals surface area contributed by atoms with Crippen LogP contribution in [-0.2, 0) is 5.75 Å². The molecule has 3 N–H and O–H groups in total. The van der Waals surface area contributed by atoms with Crippen molar-refractivity contribution in [2.24, 2.45) is 5.92 Å². The Labute approximate surface area is 160 Å². The Morgan fingerprint density at radius 3 is 2.89 bits per heavy atom. The number of thioether (sulfide) groups is 1. The molecule has 0 unspecified atom stereocenters. The van der Waals surface area contributed by atoms with Crippen molar-refractivity contribution < 1.29 is 8.78 Å². The number of anilines is 1. The molecule has 0 bridgehead atoms. The summed E-state index contributed by atoms with van der Waals surface area (Å²) in [6, 6.07) is 2.85. The van der Waals surface area contributed by atoms with Crippen LogP contribution < -0.4 is 16.2 Å². The lowest BCUT2D eigenvalue weighted by atomic mass is 9.85. The number of aromatic nitrogens is 2. The van der Waals surface area contributed by atoms with E-state index >= 15 is 0 Å². The molecule has 5 nitrogen and oxygen atoms in total. The van der Waals surface area contributed by atoms with Crippen LogP contribution in [0.5, 0.6) is 0 Å². The zero-order valence-corrected chi connectivity index (χ0v) is 15.9. The van der Waals surface area contributed by atoms with E-state index in [4.69, 9.17) is 0 Å². The summed E-state index contributed by atoms with van der Waals surface area (Å²) >= 11 is 1.47. The Bertz CT molecular complexity index is 871. The van der Waals surface area contributed by atoms with Gasteiger partial charge in [0, 0.05) is 18.3 Å². The van der Waals surface area contributed by atoms with Gasteiger partial charge >= 0.3 is 0 Å². The third-order valence-electron chi connectivity index (χ3n) is 5.43. The van der Waals surface area contributed by atoms with Crippen LogP contribution in [-0.4, -0.2) is 41.0 Å². The molecule has 146 valence electrons. The largest absolute Gasteiger partial charge is 0.382 e. The predicted molar refractivity (Wildman–Crippen MR) is 106 cm³/mol. The van der Waals surface area contributed by atoms with E-state index in [1.807, 2.05) is 0 Å². The van der Waals surface area contributed by atoms with E-state index in [0.29, 0.717) is 35.2 Å². The first kappa shape index (κ1) is 18.7. The molecule has 8 heteroatoms. The molecular weight excluding hydrogens is 370 g/mol. The number of fused-ring (bicyclic) bond motifs is 1. The number of rotatable bonds is 6. The van der Waals surface area contributed by atoms with Crippen molar-refractivity contribution in [1.82, 2.24) is 15.3 Å². The molecule has 1 aromatic carbocycles. The van der Waals surface area contributed by atoms with E-state index in [-0.39, 0.29) is 16.2 Å². The molecule has 1 aliphatic heterocycles. The van der Waals surface area contributed by atoms with Crippen LogP contribution in [0.4, 0.5) is 14.5 Å². The van der Waals surface area contributed by atoms with Crippen molar-refractivity contribution in [3.05, 3.63) is 34.1 Å². The third kappa shape index (κ3) is 4.27. The SMILES string of the molecule is O=c1[nH]c(CS[C@H]2CCNC[C@H]2F)nc2cc(NCC3CCC3)c(F)cc12. The van der Waals surface area contributed by atoms with Gasteiger partial charge in [-0.1, -0.05) is 6.42 Å². The van der Waals surface area contributed by atoms with E-state index in [9.17, 15) is 13.6 Å². The number of hydrogen-bond donors (Lipinski definition) is 3. The van der Waals surface area contributed by atoms with E-state index in [1.165, 1.54) is 37.1 Å². The summed E-state index contributed by atoms with van der Waals surface area (Å²) in [7, 11) is 0. The molecule has 1 aromatic heterocycles. The first-order valence-corrected chi connectivity index (χ1v) is 10.6. The molecule has 1 saturated carbocycles. The lowest BCUT2D eigenvalue weighted by molar-refractivity contribution is 0.275. The molecule has 0 radical (unpaired) electrons. The fourth-order valence-electron chi connectivity index (χ4n) is 3.53. The number of piperidine rings is 1. The van der Waals surface area contributed by atoms with E-state index < -0.39 is 12.0 Å². The highest BCUT2D eigenvalue weighted by Gasteiger charge is 2.25. The Morgan fingerprint density at radius 2 is 2.15 bits per heavy atom. The monoisotopic (exact) mass is 394 g/mol. The lowest BCUT2D eigenvalue weighted by Crippen LogP contribution is -2.39. The summed E-state index contributed by atoms with van der Waals surface area (Å²) < 4.78 is 28.3. The Balaban J connectivity index is 1.51. The molecular formula is C19H24F2N4OS. The van der Waals surface area contributed by atoms with Gasteiger partial charge in [-0.2, -0.15) is 0 Å². The van der Waals surface area contributed by atoms with Gasteiger partial charge in [-0.25, -0.2) is 13.8 Å². The smallest absolute Gasteiger partial charge is 0.258 e. The summed E-state index contributed by atoms with van der Waals surface area (Å²) in [5, 5.41) is 6.32. The number of hydrogen-bond acceptors (Lipinski definition) is 5. The number of alkyl halides is 1. The third-order valence-corrected chi connectivity index (χ3v) is 6.83. The zero-order valence-electron chi connectivity index (χ0n) is 15.1. The van der Waals surface area contributed by atoms with Crippen molar-refractivity contribution in [3.63, 3.8) is 0 Å². The topological polar surface area (TPSA) is 69.8 Å².